The predicted molar refractivity (Wildman–Crippen MR) is 116 cm³/mol. The van der Waals surface area contributed by atoms with Gasteiger partial charge in [-0.2, -0.15) is 13.2 Å². The highest BCUT2D eigenvalue weighted by Crippen LogP contribution is 2.28. The van der Waals surface area contributed by atoms with Crippen molar-refractivity contribution in [2.75, 3.05) is 10.6 Å². The van der Waals surface area contributed by atoms with E-state index in [1.54, 1.807) is 24.5 Å². The van der Waals surface area contributed by atoms with Crippen LogP contribution in [0.4, 0.5) is 30.6 Å². The fourth-order valence-electron chi connectivity index (χ4n) is 3.02. The largest absolute Gasteiger partial charge is 0.433 e. The third kappa shape index (κ3) is 5.70. The number of anilines is 3. The minimum absolute atomic E-state index is 0.0257. The zero-order valence-corrected chi connectivity index (χ0v) is 17.3. The van der Waals surface area contributed by atoms with Gasteiger partial charge in [0.05, 0.1) is 12.1 Å². The summed E-state index contributed by atoms with van der Waals surface area (Å²) in [6, 6.07) is 9.75. The first-order valence-electron chi connectivity index (χ1n) is 9.76. The van der Waals surface area contributed by atoms with Crippen LogP contribution in [-0.2, 0) is 24.4 Å². The average molecular weight is 453 g/mol. The lowest BCUT2D eigenvalue weighted by Gasteiger charge is -2.08. The molecule has 0 aliphatic rings. The lowest BCUT2D eigenvalue weighted by atomic mass is 10.1. The van der Waals surface area contributed by atoms with Crippen molar-refractivity contribution >= 4 is 23.4 Å². The van der Waals surface area contributed by atoms with Gasteiger partial charge in [-0.25, -0.2) is 19.9 Å². The summed E-state index contributed by atoms with van der Waals surface area (Å²) in [6.07, 6.45) is 3.31. The Morgan fingerprint density at radius 1 is 1.00 bits per heavy atom. The van der Waals surface area contributed by atoms with Crippen LogP contribution in [0.3, 0.4) is 0 Å². The first-order chi connectivity index (χ1) is 15.8. The number of nitrogens with one attached hydrogen (secondary N) is 2. The quantitative estimate of drug-likeness (QED) is 0.454. The molecule has 33 heavy (non-hydrogen) atoms. The highest BCUT2D eigenvalue weighted by atomic mass is 19.4. The van der Waals surface area contributed by atoms with Crippen molar-refractivity contribution in [3.63, 3.8) is 0 Å². The lowest BCUT2D eigenvalue weighted by Crippen LogP contribution is -2.17. The third-order valence-corrected chi connectivity index (χ3v) is 4.62. The SMILES string of the molecule is Cn1ccc(Nc2ncc(-c3ccc(CC(=O)Nc4cc(C(F)(F)F)ncn4)cc3)cn2)c1. The van der Waals surface area contributed by atoms with Crippen LogP contribution >= 0.6 is 0 Å². The summed E-state index contributed by atoms with van der Waals surface area (Å²) < 4.78 is 40.1. The molecule has 1 aromatic carbocycles. The molecule has 3 heterocycles. The number of aromatic nitrogens is 5. The van der Waals surface area contributed by atoms with Crippen molar-refractivity contribution in [3.8, 4) is 11.1 Å². The molecule has 0 aliphatic heterocycles. The number of hydrogen-bond acceptors (Lipinski definition) is 6. The fraction of sp³-hybridized carbons (Fsp3) is 0.136. The van der Waals surface area contributed by atoms with Crippen molar-refractivity contribution in [2.45, 2.75) is 12.6 Å². The van der Waals surface area contributed by atoms with E-state index in [0.717, 1.165) is 23.1 Å². The van der Waals surface area contributed by atoms with E-state index >= 15 is 0 Å². The molecule has 4 aromatic rings. The molecular weight excluding hydrogens is 435 g/mol. The smallest absolute Gasteiger partial charge is 0.355 e. The van der Waals surface area contributed by atoms with E-state index in [1.807, 2.05) is 42.2 Å². The van der Waals surface area contributed by atoms with Crippen LogP contribution in [0.15, 0.2) is 67.5 Å². The van der Waals surface area contributed by atoms with Crippen molar-refractivity contribution in [2.24, 2.45) is 7.05 Å². The van der Waals surface area contributed by atoms with Gasteiger partial charge in [-0.3, -0.25) is 4.79 Å². The maximum Gasteiger partial charge on any atom is 0.433 e. The van der Waals surface area contributed by atoms with E-state index in [1.165, 1.54) is 0 Å². The number of halogens is 3. The maximum atomic E-state index is 12.7. The summed E-state index contributed by atoms with van der Waals surface area (Å²) >= 11 is 0. The molecule has 0 saturated carbocycles. The first-order valence-corrected chi connectivity index (χ1v) is 9.76. The molecule has 0 fully saturated rings. The van der Waals surface area contributed by atoms with Gasteiger partial charge >= 0.3 is 6.18 Å². The Balaban J connectivity index is 1.36. The van der Waals surface area contributed by atoms with Gasteiger partial charge in [0.15, 0.2) is 0 Å². The van der Waals surface area contributed by atoms with Crippen LogP contribution in [-0.4, -0.2) is 30.4 Å². The predicted octanol–water partition coefficient (Wildman–Crippen LogP) is 4.22. The molecule has 168 valence electrons. The number of benzene rings is 1. The van der Waals surface area contributed by atoms with Gasteiger partial charge in [-0.1, -0.05) is 24.3 Å². The highest BCUT2D eigenvalue weighted by Gasteiger charge is 2.32. The average Bonchev–Trinajstić information content (AvgIpc) is 3.19. The Hall–Kier alpha value is -4.28. The molecule has 0 spiro atoms. The van der Waals surface area contributed by atoms with E-state index in [9.17, 15) is 18.0 Å². The number of aryl methyl sites for hydroxylation is 1. The van der Waals surface area contributed by atoms with E-state index in [4.69, 9.17) is 0 Å². The number of carbonyl (C=O) groups excluding carboxylic acids is 1. The summed E-state index contributed by atoms with van der Waals surface area (Å²) in [5.74, 6) is -0.230. The number of hydrogen-bond donors (Lipinski definition) is 2. The van der Waals surface area contributed by atoms with Crippen LogP contribution in [0.5, 0.6) is 0 Å². The van der Waals surface area contributed by atoms with Crippen LogP contribution in [0, 0.1) is 0 Å². The molecule has 0 saturated heterocycles. The molecule has 0 aliphatic carbocycles. The molecule has 2 N–H and O–H groups in total. The first kappa shape index (κ1) is 21.9. The molecule has 0 atom stereocenters. The van der Waals surface area contributed by atoms with Gasteiger partial charge in [0.1, 0.15) is 17.8 Å². The van der Waals surface area contributed by atoms with E-state index in [0.29, 0.717) is 17.6 Å². The Morgan fingerprint density at radius 3 is 2.36 bits per heavy atom. The number of nitrogens with zero attached hydrogens (tertiary/aromatic N) is 5. The van der Waals surface area contributed by atoms with Crippen molar-refractivity contribution in [1.29, 1.82) is 0 Å². The summed E-state index contributed by atoms with van der Waals surface area (Å²) in [7, 11) is 1.92. The van der Waals surface area contributed by atoms with Gasteiger partial charge in [0.25, 0.3) is 0 Å². The maximum absolute atomic E-state index is 12.7. The van der Waals surface area contributed by atoms with E-state index in [2.05, 4.69) is 30.6 Å². The molecule has 1 amide bonds. The number of alkyl halides is 3. The van der Waals surface area contributed by atoms with E-state index in [-0.39, 0.29) is 12.2 Å². The van der Waals surface area contributed by atoms with E-state index < -0.39 is 17.8 Å². The summed E-state index contributed by atoms with van der Waals surface area (Å²) in [6.45, 7) is 0. The lowest BCUT2D eigenvalue weighted by molar-refractivity contribution is -0.141. The van der Waals surface area contributed by atoms with Crippen molar-refractivity contribution in [3.05, 3.63) is 78.8 Å². The summed E-state index contributed by atoms with van der Waals surface area (Å²) in [5, 5.41) is 5.47. The van der Waals surface area contributed by atoms with Gasteiger partial charge in [0, 0.05) is 43.5 Å². The Kier molecular flexibility index (Phi) is 6.03. The van der Waals surface area contributed by atoms with Crippen LogP contribution in [0.2, 0.25) is 0 Å². The van der Waals surface area contributed by atoms with Crippen LogP contribution in [0.25, 0.3) is 11.1 Å². The van der Waals surface area contributed by atoms with Crippen LogP contribution in [0.1, 0.15) is 11.3 Å². The zero-order chi connectivity index (χ0) is 23.4. The monoisotopic (exact) mass is 453 g/mol. The second-order valence-electron chi connectivity index (χ2n) is 7.19. The van der Waals surface area contributed by atoms with Crippen molar-refractivity contribution < 1.29 is 18.0 Å². The molecule has 4 rings (SSSR count). The number of carbonyl (C=O) groups is 1. The summed E-state index contributed by atoms with van der Waals surface area (Å²) in [5.41, 5.74) is 2.10. The Labute approximate surface area is 186 Å². The van der Waals surface area contributed by atoms with Gasteiger partial charge in [-0.05, 0) is 17.2 Å². The molecular formula is C22H18F3N7O. The summed E-state index contributed by atoms with van der Waals surface area (Å²) in [4.78, 5) is 27.7. The molecule has 0 unspecified atom stereocenters. The van der Waals surface area contributed by atoms with Crippen LogP contribution < -0.4 is 10.6 Å². The number of rotatable bonds is 6. The number of amides is 1. The molecule has 0 bridgehead atoms. The molecule has 11 heteroatoms. The zero-order valence-electron chi connectivity index (χ0n) is 17.3. The normalized spacial score (nSPS) is 11.3. The molecule has 8 nitrogen and oxygen atoms in total. The Bertz CT molecular complexity index is 1250. The second-order valence-corrected chi connectivity index (χ2v) is 7.19. The topological polar surface area (TPSA) is 97.6 Å². The highest BCUT2D eigenvalue weighted by molar-refractivity contribution is 5.91. The minimum Gasteiger partial charge on any atom is -0.355 e. The minimum atomic E-state index is -4.61. The third-order valence-electron chi connectivity index (χ3n) is 4.62. The molecule has 3 aromatic heterocycles. The fourth-order valence-corrected chi connectivity index (χ4v) is 3.02. The Morgan fingerprint density at radius 2 is 1.73 bits per heavy atom. The van der Waals surface area contributed by atoms with Crippen molar-refractivity contribution in [1.82, 2.24) is 24.5 Å². The second kappa shape index (κ2) is 9.07. The van der Waals surface area contributed by atoms with Gasteiger partial charge in [-0.15, -0.1) is 0 Å². The standard InChI is InChI=1S/C22H18F3N7O/c1-32-7-6-17(12-32)30-21-26-10-16(11-27-21)15-4-2-14(3-5-15)8-20(33)31-19-9-18(22(23,24)25)28-13-29-19/h2-7,9-13H,8H2,1H3,(H,26,27,30)(H,28,29,31,33). The van der Waals surface area contributed by atoms with Gasteiger partial charge < -0.3 is 15.2 Å². The van der Waals surface area contributed by atoms with Gasteiger partial charge in [0.2, 0.25) is 11.9 Å². The molecule has 0 radical (unpaired) electrons.